The maximum atomic E-state index is 12.6. The highest BCUT2D eigenvalue weighted by molar-refractivity contribution is 7.92. The summed E-state index contributed by atoms with van der Waals surface area (Å²) in [4.78, 5) is 0.0969. The number of halogens is 1. The van der Waals surface area contributed by atoms with Gasteiger partial charge in [0.1, 0.15) is 4.90 Å². The summed E-state index contributed by atoms with van der Waals surface area (Å²) in [6.07, 6.45) is 1.52. The fraction of sp³-hybridized carbons (Fsp3) is 0.250. The third-order valence-electron chi connectivity index (χ3n) is 3.36. The summed E-state index contributed by atoms with van der Waals surface area (Å²) in [5.41, 5.74) is 2.62. The van der Waals surface area contributed by atoms with Crippen molar-refractivity contribution >= 4 is 27.3 Å². The third-order valence-corrected chi connectivity index (χ3v) is 5.21. The number of hydrogen-bond acceptors (Lipinski definition) is 2. The van der Waals surface area contributed by atoms with Gasteiger partial charge in [-0.25, -0.2) is 8.42 Å². The van der Waals surface area contributed by atoms with Crippen LogP contribution in [0.3, 0.4) is 0 Å². The lowest BCUT2D eigenvalue weighted by atomic mass is 10.0. The first-order chi connectivity index (χ1) is 9.99. The highest BCUT2D eigenvalue weighted by atomic mass is 35.5. The minimum Gasteiger partial charge on any atom is -0.279 e. The van der Waals surface area contributed by atoms with Crippen molar-refractivity contribution in [3.8, 4) is 0 Å². The monoisotopic (exact) mass is 323 g/mol. The number of benzene rings is 2. The molecule has 2 aromatic carbocycles. The molecule has 0 aromatic heterocycles. The normalized spacial score (nSPS) is 11.4. The molecule has 0 radical (unpaired) electrons. The molecule has 0 fully saturated rings. The van der Waals surface area contributed by atoms with Gasteiger partial charge in [-0.05, 0) is 36.1 Å². The molecule has 21 heavy (non-hydrogen) atoms. The summed E-state index contributed by atoms with van der Waals surface area (Å²) in [5, 5.41) is 0.219. The van der Waals surface area contributed by atoms with E-state index in [1.807, 2.05) is 32.0 Å². The van der Waals surface area contributed by atoms with Gasteiger partial charge < -0.3 is 0 Å². The average molecular weight is 324 g/mol. The van der Waals surface area contributed by atoms with Crippen LogP contribution in [-0.4, -0.2) is 8.42 Å². The molecular weight excluding hydrogens is 306 g/mol. The van der Waals surface area contributed by atoms with Gasteiger partial charge in [-0.15, -0.1) is 0 Å². The average Bonchev–Trinajstić information content (AvgIpc) is 2.47. The predicted octanol–water partition coefficient (Wildman–Crippen LogP) is 4.27. The molecule has 2 rings (SSSR count). The van der Waals surface area contributed by atoms with Crippen LogP contribution in [0.2, 0.25) is 5.02 Å². The van der Waals surface area contributed by atoms with Gasteiger partial charge >= 0.3 is 0 Å². The van der Waals surface area contributed by atoms with E-state index < -0.39 is 10.0 Å². The Hall–Kier alpha value is -1.52. The first kappa shape index (κ1) is 15.9. The van der Waals surface area contributed by atoms with E-state index >= 15 is 0 Å². The molecule has 0 heterocycles. The summed E-state index contributed by atoms with van der Waals surface area (Å²) in [6, 6.07) is 12.3. The Kier molecular flexibility index (Phi) is 4.91. The summed E-state index contributed by atoms with van der Waals surface area (Å²) < 4.78 is 27.8. The van der Waals surface area contributed by atoms with Gasteiger partial charge in [0.15, 0.2) is 0 Å². The van der Waals surface area contributed by atoms with Crippen LogP contribution in [0.4, 0.5) is 5.69 Å². The van der Waals surface area contributed by atoms with Crippen molar-refractivity contribution in [1.29, 1.82) is 0 Å². The Morgan fingerprint density at radius 2 is 1.52 bits per heavy atom. The van der Waals surface area contributed by atoms with Crippen molar-refractivity contribution in [3.05, 3.63) is 58.6 Å². The molecule has 0 amide bonds. The zero-order valence-electron chi connectivity index (χ0n) is 12.1. The largest absolute Gasteiger partial charge is 0.279 e. The lowest BCUT2D eigenvalue weighted by molar-refractivity contribution is 0.601. The molecule has 112 valence electrons. The number of hydrogen-bond donors (Lipinski definition) is 1. The van der Waals surface area contributed by atoms with Crippen LogP contribution < -0.4 is 4.72 Å². The van der Waals surface area contributed by atoms with Crippen molar-refractivity contribution in [3.63, 3.8) is 0 Å². The van der Waals surface area contributed by atoms with E-state index in [2.05, 4.69) is 4.72 Å². The Bertz CT molecular complexity index is 719. The Labute approximate surface area is 131 Å². The Morgan fingerprint density at radius 1 is 0.952 bits per heavy atom. The van der Waals surface area contributed by atoms with E-state index in [1.165, 1.54) is 6.07 Å². The zero-order chi connectivity index (χ0) is 15.5. The number of nitrogens with one attached hydrogen (secondary N) is 1. The number of rotatable bonds is 5. The molecule has 0 spiro atoms. The van der Waals surface area contributed by atoms with Gasteiger partial charge in [-0.3, -0.25) is 4.72 Å². The molecule has 0 unspecified atom stereocenters. The van der Waals surface area contributed by atoms with E-state index in [0.29, 0.717) is 5.69 Å². The van der Waals surface area contributed by atoms with Crippen LogP contribution in [0.5, 0.6) is 0 Å². The number of anilines is 1. The van der Waals surface area contributed by atoms with Gasteiger partial charge in [-0.2, -0.15) is 0 Å². The quantitative estimate of drug-likeness (QED) is 0.893. The fourth-order valence-corrected chi connectivity index (χ4v) is 3.89. The lowest BCUT2D eigenvalue weighted by Gasteiger charge is -2.16. The first-order valence-corrected chi connectivity index (χ1v) is 8.73. The molecule has 0 atom stereocenters. The third kappa shape index (κ3) is 3.39. The summed E-state index contributed by atoms with van der Waals surface area (Å²) >= 11 is 6.00. The van der Waals surface area contributed by atoms with Crippen LogP contribution in [0, 0.1) is 0 Å². The summed E-state index contributed by atoms with van der Waals surface area (Å²) in [5.74, 6) is 0. The SMILES string of the molecule is CCc1cccc(CC)c1NS(=O)(=O)c1ccccc1Cl. The summed E-state index contributed by atoms with van der Waals surface area (Å²) in [6.45, 7) is 4.00. The second-order valence-corrected chi connectivity index (χ2v) is 6.75. The number of sulfonamides is 1. The Morgan fingerprint density at radius 3 is 2.05 bits per heavy atom. The molecule has 0 aliphatic rings. The van der Waals surface area contributed by atoms with Gasteiger partial charge in [0, 0.05) is 0 Å². The van der Waals surface area contributed by atoms with Gasteiger partial charge in [0.25, 0.3) is 10.0 Å². The van der Waals surface area contributed by atoms with Crippen LogP contribution in [0.25, 0.3) is 0 Å². The van der Waals surface area contributed by atoms with Crippen molar-refractivity contribution in [2.45, 2.75) is 31.6 Å². The van der Waals surface area contributed by atoms with Gasteiger partial charge in [0.05, 0.1) is 10.7 Å². The van der Waals surface area contributed by atoms with Crippen molar-refractivity contribution in [2.24, 2.45) is 0 Å². The van der Waals surface area contributed by atoms with E-state index in [9.17, 15) is 8.42 Å². The molecule has 5 heteroatoms. The topological polar surface area (TPSA) is 46.2 Å². The summed E-state index contributed by atoms with van der Waals surface area (Å²) in [7, 11) is -3.69. The highest BCUT2D eigenvalue weighted by Gasteiger charge is 2.20. The number of para-hydroxylation sites is 1. The molecule has 0 saturated heterocycles. The van der Waals surface area contributed by atoms with Crippen LogP contribution >= 0.6 is 11.6 Å². The lowest BCUT2D eigenvalue weighted by Crippen LogP contribution is -2.16. The molecule has 1 N–H and O–H groups in total. The van der Waals surface area contributed by atoms with Gasteiger partial charge in [-0.1, -0.05) is 55.8 Å². The fourth-order valence-electron chi connectivity index (χ4n) is 2.23. The minimum atomic E-state index is -3.69. The van der Waals surface area contributed by atoms with Crippen molar-refractivity contribution in [1.82, 2.24) is 0 Å². The highest BCUT2D eigenvalue weighted by Crippen LogP contribution is 2.28. The molecular formula is C16H18ClNO2S. The standard InChI is InChI=1S/C16H18ClNO2S/c1-3-12-8-7-9-13(4-2)16(12)18-21(19,20)15-11-6-5-10-14(15)17/h5-11,18H,3-4H2,1-2H3. The maximum absolute atomic E-state index is 12.6. The molecule has 2 aromatic rings. The smallest absolute Gasteiger partial charge is 0.263 e. The second kappa shape index (κ2) is 6.50. The molecule has 0 aliphatic heterocycles. The van der Waals surface area contributed by atoms with Crippen molar-refractivity contribution in [2.75, 3.05) is 4.72 Å². The number of aryl methyl sites for hydroxylation is 2. The van der Waals surface area contributed by atoms with E-state index in [4.69, 9.17) is 11.6 Å². The van der Waals surface area contributed by atoms with E-state index in [1.54, 1.807) is 18.2 Å². The van der Waals surface area contributed by atoms with E-state index in [-0.39, 0.29) is 9.92 Å². The predicted molar refractivity (Wildman–Crippen MR) is 87.5 cm³/mol. The van der Waals surface area contributed by atoms with Crippen molar-refractivity contribution < 1.29 is 8.42 Å². The van der Waals surface area contributed by atoms with E-state index in [0.717, 1.165) is 24.0 Å². The second-order valence-electron chi connectivity index (χ2n) is 4.69. The zero-order valence-corrected chi connectivity index (χ0v) is 13.6. The first-order valence-electron chi connectivity index (χ1n) is 6.87. The molecule has 3 nitrogen and oxygen atoms in total. The maximum Gasteiger partial charge on any atom is 0.263 e. The Balaban J connectivity index is 2.49. The molecule has 0 saturated carbocycles. The molecule has 0 aliphatic carbocycles. The van der Waals surface area contributed by atoms with Crippen LogP contribution in [-0.2, 0) is 22.9 Å². The minimum absolute atomic E-state index is 0.0969. The van der Waals surface area contributed by atoms with Crippen LogP contribution in [0.15, 0.2) is 47.4 Å². The van der Waals surface area contributed by atoms with Crippen LogP contribution in [0.1, 0.15) is 25.0 Å². The van der Waals surface area contributed by atoms with Gasteiger partial charge in [0.2, 0.25) is 0 Å². The molecule has 0 bridgehead atoms.